The van der Waals surface area contributed by atoms with Crippen molar-refractivity contribution in [3.8, 4) is 11.8 Å². The van der Waals surface area contributed by atoms with Crippen LogP contribution in [-0.4, -0.2) is 16.4 Å². The Bertz CT molecular complexity index is 721. The van der Waals surface area contributed by atoms with Gasteiger partial charge in [0.05, 0.1) is 18.8 Å². The highest BCUT2D eigenvalue weighted by molar-refractivity contribution is 5.53. The van der Waals surface area contributed by atoms with Crippen LogP contribution in [0.2, 0.25) is 0 Å². The molecular weight excluding hydrogens is 288 g/mol. The highest BCUT2D eigenvalue weighted by Gasteiger charge is 2.22. The van der Waals surface area contributed by atoms with Gasteiger partial charge >= 0.3 is 0 Å². The summed E-state index contributed by atoms with van der Waals surface area (Å²) in [6, 6.07) is 10.2. The van der Waals surface area contributed by atoms with Crippen LogP contribution in [0.5, 0.6) is 5.75 Å². The smallest absolute Gasteiger partial charge is 0.140 e. The van der Waals surface area contributed by atoms with Crippen LogP contribution < -0.4 is 10.5 Å². The lowest BCUT2D eigenvalue weighted by Crippen LogP contribution is -2.06. The molecular formula is C18H22N4O. The van der Waals surface area contributed by atoms with E-state index in [2.05, 4.69) is 11.2 Å². The second-order valence-electron chi connectivity index (χ2n) is 6.47. The third kappa shape index (κ3) is 3.48. The van der Waals surface area contributed by atoms with E-state index in [4.69, 9.17) is 10.5 Å². The van der Waals surface area contributed by atoms with Gasteiger partial charge < -0.3 is 10.5 Å². The molecule has 0 unspecified atom stereocenters. The van der Waals surface area contributed by atoms with Gasteiger partial charge in [-0.25, -0.2) is 4.68 Å². The van der Waals surface area contributed by atoms with Gasteiger partial charge in [0.1, 0.15) is 23.2 Å². The van der Waals surface area contributed by atoms with E-state index in [9.17, 15) is 5.26 Å². The van der Waals surface area contributed by atoms with Crippen molar-refractivity contribution in [3.63, 3.8) is 0 Å². The number of hydrogen-bond acceptors (Lipinski definition) is 4. The van der Waals surface area contributed by atoms with E-state index in [-0.39, 0.29) is 5.92 Å². The Morgan fingerprint density at radius 3 is 2.57 bits per heavy atom. The second kappa shape index (κ2) is 6.33. The highest BCUT2D eigenvalue weighted by Crippen LogP contribution is 2.29. The van der Waals surface area contributed by atoms with E-state index in [1.807, 2.05) is 38.1 Å². The number of aromatic nitrogens is 2. The molecule has 1 fully saturated rings. The third-order valence-electron chi connectivity index (χ3n) is 4.12. The molecule has 0 atom stereocenters. The first kappa shape index (κ1) is 15.4. The molecule has 1 aliphatic carbocycles. The molecule has 2 aromatic rings. The van der Waals surface area contributed by atoms with E-state index in [1.165, 1.54) is 12.8 Å². The molecule has 1 heterocycles. The monoisotopic (exact) mass is 310 g/mol. The van der Waals surface area contributed by atoms with E-state index in [1.54, 1.807) is 4.68 Å². The van der Waals surface area contributed by atoms with E-state index in [0.717, 1.165) is 29.5 Å². The summed E-state index contributed by atoms with van der Waals surface area (Å²) in [5.41, 5.74) is 8.40. The topological polar surface area (TPSA) is 76.9 Å². The quantitative estimate of drug-likeness (QED) is 0.888. The molecule has 5 heteroatoms. The summed E-state index contributed by atoms with van der Waals surface area (Å²) in [6.07, 6.45) is 2.58. The maximum absolute atomic E-state index is 9.27. The molecule has 5 nitrogen and oxygen atoms in total. The summed E-state index contributed by atoms with van der Waals surface area (Å²) >= 11 is 0. The summed E-state index contributed by atoms with van der Waals surface area (Å²) in [5, 5.41) is 13.8. The average Bonchev–Trinajstić information content (AvgIpc) is 3.31. The molecule has 0 aliphatic heterocycles. The van der Waals surface area contributed by atoms with Crippen LogP contribution in [0.25, 0.3) is 0 Å². The van der Waals surface area contributed by atoms with Gasteiger partial charge in [0.25, 0.3) is 0 Å². The van der Waals surface area contributed by atoms with Crippen molar-refractivity contribution in [3.05, 3.63) is 41.1 Å². The normalized spacial score (nSPS) is 14.0. The highest BCUT2D eigenvalue weighted by atomic mass is 16.5. The summed E-state index contributed by atoms with van der Waals surface area (Å²) in [7, 11) is 0. The van der Waals surface area contributed by atoms with Crippen LogP contribution in [0, 0.1) is 17.2 Å². The lowest BCUT2D eigenvalue weighted by Gasteiger charge is -2.07. The maximum atomic E-state index is 9.27. The lowest BCUT2D eigenvalue weighted by molar-refractivity contribution is 0.299. The van der Waals surface area contributed by atoms with Gasteiger partial charge in [-0.05, 0) is 42.4 Å². The Hall–Kier alpha value is -2.48. The largest absolute Gasteiger partial charge is 0.493 e. The molecule has 23 heavy (non-hydrogen) atoms. The SMILES string of the molecule is CC(C)c1nn(Cc2ccc(OCC3CC3)cc2)c(N)c1C#N. The van der Waals surface area contributed by atoms with Gasteiger partial charge in [0.15, 0.2) is 0 Å². The zero-order valence-corrected chi connectivity index (χ0v) is 13.6. The van der Waals surface area contributed by atoms with Gasteiger partial charge in [-0.1, -0.05) is 26.0 Å². The molecule has 1 saturated carbocycles. The Kier molecular flexibility index (Phi) is 4.24. The summed E-state index contributed by atoms with van der Waals surface area (Å²) in [4.78, 5) is 0. The Morgan fingerprint density at radius 1 is 1.35 bits per heavy atom. The van der Waals surface area contributed by atoms with E-state index >= 15 is 0 Å². The van der Waals surface area contributed by atoms with Gasteiger partial charge in [-0.2, -0.15) is 10.4 Å². The molecule has 0 bridgehead atoms. The van der Waals surface area contributed by atoms with Crippen molar-refractivity contribution in [2.75, 3.05) is 12.3 Å². The second-order valence-corrected chi connectivity index (χ2v) is 6.47. The minimum atomic E-state index is 0.173. The van der Waals surface area contributed by atoms with Crippen molar-refractivity contribution in [1.82, 2.24) is 9.78 Å². The molecule has 0 saturated heterocycles. The number of nitrogens with two attached hydrogens (primary N) is 1. The van der Waals surface area contributed by atoms with Crippen LogP contribution >= 0.6 is 0 Å². The van der Waals surface area contributed by atoms with Crippen molar-refractivity contribution in [2.24, 2.45) is 5.92 Å². The first-order valence-corrected chi connectivity index (χ1v) is 8.06. The third-order valence-corrected chi connectivity index (χ3v) is 4.12. The predicted octanol–water partition coefficient (Wildman–Crippen LogP) is 3.30. The van der Waals surface area contributed by atoms with E-state index < -0.39 is 0 Å². The molecule has 0 amide bonds. The van der Waals surface area contributed by atoms with Crippen molar-refractivity contribution in [2.45, 2.75) is 39.2 Å². The maximum Gasteiger partial charge on any atom is 0.140 e. The zero-order valence-electron chi connectivity index (χ0n) is 13.6. The number of anilines is 1. The molecule has 0 radical (unpaired) electrons. The Balaban J connectivity index is 1.72. The number of nitrogens with zero attached hydrogens (tertiary/aromatic N) is 3. The fraction of sp³-hybridized carbons (Fsp3) is 0.444. The average molecular weight is 310 g/mol. The Morgan fingerprint density at radius 2 is 2.04 bits per heavy atom. The standard InChI is InChI=1S/C18H22N4O/c1-12(2)17-16(9-19)18(20)22(21-17)10-13-5-7-15(8-6-13)23-11-14-3-4-14/h5-8,12,14H,3-4,10-11,20H2,1-2H3. The molecule has 1 aromatic carbocycles. The van der Waals surface area contributed by atoms with Crippen molar-refractivity contribution >= 4 is 5.82 Å². The van der Waals surface area contributed by atoms with Crippen molar-refractivity contribution < 1.29 is 4.74 Å². The minimum absolute atomic E-state index is 0.173. The number of nitriles is 1. The molecule has 2 N–H and O–H groups in total. The minimum Gasteiger partial charge on any atom is -0.493 e. The summed E-state index contributed by atoms with van der Waals surface area (Å²) < 4.78 is 7.44. The summed E-state index contributed by atoms with van der Waals surface area (Å²) in [5.74, 6) is 2.25. The predicted molar refractivity (Wildman–Crippen MR) is 89.2 cm³/mol. The van der Waals surface area contributed by atoms with Crippen LogP contribution in [0.1, 0.15) is 49.4 Å². The molecule has 0 spiro atoms. The molecule has 120 valence electrons. The first-order chi connectivity index (χ1) is 11.1. The fourth-order valence-electron chi connectivity index (χ4n) is 2.50. The number of nitrogen functional groups attached to an aromatic ring is 1. The number of hydrogen-bond donors (Lipinski definition) is 1. The zero-order chi connectivity index (χ0) is 16.4. The van der Waals surface area contributed by atoms with Crippen LogP contribution in [0.4, 0.5) is 5.82 Å². The van der Waals surface area contributed by atoms with Crippen LogP contribution in [-0.2, 0) is 6.54 Å². The van der Waals surface area contributed by atoms with Crippen molar-refractivity contribution in [1.29, 1.82) is 5.26 Å². The number of rotatable bonds is 6. The van der Waals surface area contributed by atoms with Gasteiger partial charge in [-0.3, -0.25) is 0 Å². The van der Waals surface area contributed by atoms with Gasteiger partial charge in [0.2, 0.25) is 0 Å². The van der Waals surface area contributed by atoms with E-state index in [0.29, 0.717) is 17.9 Å². The fourth-order valence-corrected chi connectivity index (χ4v) is 2.50. The number of ether oxygens (including phenoxy) is 1. The summed E-state index contributed by atoms with van der Waals surface area (Å²) in [6.45, 7) is 5.39. The molecule has 1 aliphatic rings. The van der Waals surface area contributed by atoms with Gasteiger partial charge in [-0.15, -0.1) is 0 Å². The molecule has 3 rings (SSSR count). The van der Waals surface area contributed by atoms with Gasteiger partial charge in [0, 0.05) is 0 Å². The lowest BCUT2D eigenvalue weighted by atomic mass is 10.1. The first-order valence-electron chi connectivity index (χ1n) is 8.06. The molecule has 1 aromatic heterocycles. The Labute approximate surface area is 136 Å². The van der Waals surface area contributed by atoms with Crippen LogP contribution in [0.15, 0.2) is 24.3 Å². The van der Waals surface area contributed by atoms with Crippen LogP contribution in [0.3, 0.4) is 0 Å². The number of benzene rings is 1.